The molecule has 0 aliphatic carbocycles. The van der Waals surface area contributed by atoms with Crippen LogP contribution in [0.15, 0.2) is 237 Å². The summed E-state index contributed by atoms with van der Waals surface area (Å²) in [6, 6.07) is 88.7. The van der Waals surface area contributed by atoms with Crippen molar-refractivity contribution in [1.82, 2.24) is 9.13 Å². The smallest absolute Gasteiger partial charge is 0.252 e. The molecule has 79 heavy (non-hydrogen) atoms. The van der Waals surface area contributed by atoms with Crippen molar-refractivity contribution in [3.63, 3.8) is 0 Å². The minimum Gasteiger partial charge on any atom is -0.311 e. The molecule has 5 heteroatoms. The number of nitrogens with zero attached hydrogens (tertiary/aromatic N) is 3. The Bertz CT molecular complexity index is 4690. The van der Waals surface area contributed by atoms with Crippen LogP contribution in [0.1, 0.15) is 52.7 Å². The number of fused-ring (bicyclic) bond motifs is 15. The molecule has 0 radical (unpaired) electrons. The topological polar surface area (TPSA) is 13.1 Å². The maximum Gasteiger partial charge on any atom is 0.252 e. The number of hydrogen-bond donors (Lipinski definition) is 0. The van der Waals surface area contributed by atoms with Crippen LogP contribution in [0.3, 0.4) is 0 Å². The van der Waals surface area contributed by atoms with Crippen molar-refractivity contribution in [2.45, 2.75) is 52.4 Å². The van der Waals surface area contributed by atoms with Crippen LogP contribution < -0.4 is 21.3 Å². The van der Waals surface area contributed by atoms with E-state index >= 15 is 0 Å². The molecule has 4 heterocycles. The summed E-state index contributed by atoms with van der Waals surface area (Å²) < 4.78 is 5.15. The number of aromatic nitrogens is 2. The van der Waals surface area contributed by atoms with Gasteiger partial charge in [0.25, 0.3) is 6.71 Å². The average molecular weight is 1030 g/mol. The lowest BCUT2D eigenvalue weighted by Crippen LogP contribution is -2.60. The van der Waals surface area contributed by atoms with Crippen molar-refractivity contribution in [3.05, 3.63) is 253 Å². The fraction of sp³-hybridized carbons (Fsp3) is 0.108. The molecule has 0 saturated heterocycles. The predicted molar refractivity (Wildman–Crippen MR) is 340 cm³/mol. The average Bonchev–Trinajstić information content (AvgIpc) is 4.05. The molecule has 0 amide bonds. The van der Waals surface area contributed by atoms with E-state index in [-0.39, 0.29) is 17.5 Å². The quantitative estimate of drug-likeness (QED) is 0.160. The van der Waals surface area contributed by atoms with E-state index < -0.39 is 0 Å². The highest BCUT2D eigenvalue weighted by atomic mass is 35.5. The van der Waals surface area contributed by atoms with E-state index in [1.54, 1.807) is 0 Å². The normalized spacial score (nSPS) is 12.9. The molecule has 15 rings (SSSR count). The van der Waals surface area contributed by atoms with Gasteiger partial charge in [-0.25, -0.2) is 0 Å². The second kappa shape index (κ2) is 17.6. The highest BCUT2D eigenvalue weighted by molar-refractivity contribution is 7.00. The molecule has 11 aromatic carbocycles. The predicted octanol–water partition coefficient (Wildman–Crippen LogP) is 18.5. The minimum atomic E-state index is -0.151. The summed E-state index contributed by atoms with van der Waals surface area (Å²) in [6.07, 6.45) is 0. The lowest BCUT2D eigenvalue weighted by molar-refractivity contribution is 0.590. The molecular formula is C74H57BClN3. The van der Waals surface area contributed by atoms with Gasteiger partial charge in [0.05, 0.1) is 27.8 Å². The maximum absolute atomic E-state index is 7.25. The van der Waals surface area contributed by atoms with Gasteiger partial charge in [-0.1, -0.05) is 217 Å². The summed E-state index contributed by atoms with van der Waals surface area (Å²) in [6.45, 7) is 13.7. The summed E-state index contributed by atoms with van der Waals surface area (Å²) >= 11 is 7.25. The molecule has 0 N–H and O–H groups in total. The fourth-order valence-electron chi connectivity index (χ4n) is 13.3. The van der Waals surface area contributed by atoms with E-state index in [0.29, 0.717) is 5.02 Å². The third-order valence-corrected chi connectivity index (χ3v) is 17.3. The zero-order valence-corrected chi connectivity index (χ0v) is 46.1. The number of hydrogen-bond acceptors (Lipinski definition) is 1. The molecule has 378 valence electrons. The zero-order chi connectivity index (χ0) is 53.5. The first-order chi connectivity index (χ1) is 38.4. The van der Waals surface area contributed by atoms with Crippen molar-refractivity contribution in [2.24, 2.45) is 0 Å². The molecule has 0 fully saturated rings. The first-order valence-corrected chi connectivity index (χ1v) is 28.1. The Balaban J connectivity index is 1.12. The molecule has 2 aliphatic heterocycles. The molecule has 0 spiro atoms. The van der Waals surface area contributed by atoms with E-state index in [0.717, 1.165) is 50.6 Å². The Morgan fingerprint density at radius 1 is 0.342 bits per heavy atom. The summed E-state index contributed by atoms with van der Waals surface area (Å²) in [5.41, 5.74) is 21.2. The van der Waals surface area contributed by atoms with Crippen LogP contribution in [0.25, 0.3) is 98.8 Å². The van der Waals surface area contributed by atoms with E-state index in [9.17, 15) is 0 Å². The Labute approximate surface area is 467 Å². The summed E-state index contributed by atoms with van der Waals surface area (Å²) in [5.74, 6) is 0. The number of benzene rings is 11. The first kappa shape index (κ1) is 47.4. The van der Waals surface area contributed by atoms with Crippen LogP contribution in [0, 0.1) is 0 Å². The van der Waals surface area contributed by atoms with E-state index in [2.05, 4.69) is 292 Å². The van der Waals surface area contributed by atoms with Crippen LogP contribution in [-0.4, -0.2) is 15.8 Å². The Morgan fingerprint density at radius 3 is 1.49 bits per heavy atom. The second-order valence-corrected chi connectivity index (χ2v) is 24.3. The number of halogens is 1. The van der Waals surface area contributed by atoms with Gasteiger partial charge in [-0.15, -0.1) is 0 Å². The van der Waals surface area contributed by atoms with Gasteiger partial charge in [0.1, 0.15) is 0 Å². The molecule has 13 aromatic rings. The lowest BCUT2D eigenvalue weighted by Gasteiger charge is -2.41. The Hall–Kier alpha value is -8.83. The Morgan fingerprint density at radius 2 is 0.861 bits per heavy atom. The number of para-hydroxylation sites is 1. The van der Waals surface area contributed by atoms with Crippen molar-refractivity contribution in [2.75, 3.05) is 4.90 Å². The van der Waals surface area contributed by atoms with Crippen LogP contribution in [0.5, 0.6) is 0 Å². The third-order valence-electron chi connectivity index (χ3n) is 17.1. The van der Waals surface area contributed by atoms with E-state index in [4.69, 9.17) is 11.6 Å². The van der Waals surface area contributed by atoms with Crippen LogP contribution >= 0.6 is 11.6 Å². The molecule has 0 atom stereocenters. The van der Waals surface area contributed by atoms with Crippen LogP contribution in [0.4, 0.5) is 17.1 Å². The highest BCUT2D eigenvalue weighted by Crippen LogP contribution is 2.47. The minimum absolute atomic E-state index is 0.0142. The van der Waals surface area contributed by atoms with Gasteiger partial charge in [0, 0.05) is 54.9 Å². The second-order valence-electron chi connectivity index (χ2n) is 23.8. The standard InChI is InChI=1S/C74H57BClN3/c1-73(2,3)49-30-38-66-60(42-49)61-43-50(74(4,5)6)31-39-67(61)77(66)52-33-36-63-70(45-52)79-64-28-18-17-27-57(64)55-25-15-13-23-53(55)54-24-14-16-26-56(54)58-34-40-68-71(72(58)79)75(63)62-35-32-51(76)44-69(62)78(68)65-37-29-48(46-19-9-7-10-20-46)41-59(65)47-21-11-8-12-22-47/h7-45H,1-6H3. The molecule has 0 unspecified atom stereocenters. The highest BCUT2D eigenvalue weighted by Gasteiger charge is 2.42. The molecule has 2 aliphatic rings. The van der Waals surface area contributed by atoms with E-state index in [1.165, 1.54) is 92.7 Å². The van der Waals surface area contributed by atoms with Crippen molar-refractivity contribution >= 4 is 117 Å². The van der Waals surface area contributed by atoms with Crippen molar-refractivity contribution in [3.8, 4) is 33.6 Å². The van der Waals surface area contributed by atoms with E-state index in [1.807, 2.05) is 0 Å². The largest absolute Gasteiger partial charge is 0.311 e. The van der Waals surface area contributed by atoms with Gasteiger partial charge >= 0.3 is 0 Å². The first-order valence-electron chi connectivity index (χ1n) is 27.7. The van der Waals surface area contributed by atoms with Crippen LogP contribution in [0.2, 0.25) is 5.02 Å². The monoisotopic (exact) mass is 1030 g/mol. The third kappa shape index (κ3) is 7.34. The van der Waals surface area contributed by atoms with Gasteiger partial charge in [-0.05, 0) is 149 Å². The summed E-state index contributed by atoms with van der Waals surface area (Å²) in [7, 11) is 0. The number of anilines is 3. The van der Waals surface area contributed by atoms with Crippen molar-refractivity contribution in [1.29, 1.82) is 0 Å². The van der Waals surface area contributed by atoms with Gasteiger partial charge in [0.2, 0.25) is 0 Å². The van der Waals surface area contributed by atoms with Gasteiger partial charge in [0.15, 0.2) is 0 Å². The van der Waals surface area contributed by atoms with Gasteiger partial charge < -0.3 is 14.0 Å². The molecule has 3 nitrogen and oxygen atoms in total. The molecule has 2 aromatic heterocycles. The molecule has 0 bridgehead atoms. The summed E-state index contributed by atoms with van der Waals surface area (Å²) in [5, 5.41) is 10.4. The van der Waals surface area contributed by atoms with Crippen LogP contribution in [-0.2, 0) is 10.8 Å². The SMILES string of the molecule is CC(C)(C)c1ccc2c(c1)c1cc(C(C)(C)C)ccc1n2-c1ccc2c(c1)-n1c3ccccc3c3ccccc3c3ccccc3c3ccc4c(c31)B2c1ccc(Cl)cc1N4c1ccc(-c2ccccc2)cc1-c1ccccc1. The molecule has 0 saturated carbocycles. The number of rotatable bonds is 4. The zero-order valence-electron chi connectivity index (χ0n) is 45.3. The lowest BCUT2D eigenvalue weighted by atomic mass is 9.33. The molecular weight excluding hydrogens is 977 g/mol. The Kier molecular flexibility index (Phi) is 10.6. The summed E-state index contributed by atoms with van der Waals surface area (Å²) in [4.78, 5) is 2.51. The van der Waals surface area contributed by atoms with Gasteiger partial charge in [-0.2, -0.15) is 0 Å². The van der Waals surface area contributed by atoms with Gasteiger partial charge in [-0.3, -0.25) is 0 Å². The maximum atomic E-state index is 7.25. The fourth-order valence-corrected chi connectivity index (χ4v) is 13.4. The van der Waals surface area contributed by atoms with Crippen molar-refractivity contribution < 1.29 is 0 Å².